The van der Waals surface area contributed by atoms with Crippen molar-refractivity contribution >= 4 is 55.0 Å². The Bertz CT molecular complexity index is 676. The average Bonchev–Trinajstić information content (AvgIpc) is 2.87. The van der Waals surface area contributed by atoms with Crippen LogP contribution in [-0.4, -0.2) is 23.3 Å². The molecule has 1 aliphatic heterocycles. The average molecular weight is 415 g/mol. The van der Waals surface area contributed by atoms with Gasteiger partial charge in [0.2, 0.25) is 0 Å². The topological polar surface area (TPSA) is 37.4 Å². The number of hydrogen-bond acceptors (Lipinski definition) is 3. The molecule has 0 N–H and O–H groups in total. The molecule has 102 valence electrons. The Hall–Kier alpha value is -0.980. The predicted molar refractivity (Wildman–Crippen MR) is 85.2 cm³/mol. The van der Waals surface area contributed by atoms with Crippen molar-refractivity contribution in [2.24, 2.45) is 0 Å². The van der Waals surface area contributed by atoms with Crippen molar-refractivity contribution in [3.05, 3.63) is 54.6 Å². The Morgan fingerprint density at radius 1 is 1.05 bits per heavy atom. The van der Waals surface area contributed by atoms with Gasteiger partial charge in [0.1, 0.15) is 0 Å². The fourth-order valence-electron chi connectivity index (χ4n) is 2.22. The van der Waals surface area contributed by atoms with Gasteiger partial charge in [0, 0.05) is 6.54 Å². The molecule has 1 aliphatic rings. The summed E-state index contributed by atoms with van der Waals surface area (Å²) in [5, 5.41) is 0. The van der Waals surface area contributed by atoms with Gasteiger partial charge in [0.25, 0.3) is 11.8 Å². The Morgan fingerprint density at radius 3 is 2.15 bits per heavy atom. The van der Waals surface area contributed by atoms with Crippen molar-refractivity contribution in [1.82, 2.24) is 4.90 Å². The maximum Gasteiger partial charge on any atom is 0.261 e. The van der Waals surface area contributed by atoms with Gasteiger partial charge in [-0.25, -0.2) is 0 Å². The van der Waals surface area contributed by atoms with Crippen LogP contribution in [0.3, 0.4) is 0 Å². The molecular formula is C14H9Br2NO2S. The van der Waals surface area contributed by atoms with Crippen LogP contribution >= 0.6 is 43.2 Å². The van der Waals surface area contributed by atoms with E-state index in [-0.39, 0.29) is 11.8 Å². The van der Waals surface area contributed by atoms with E-state index in [2.05, 4.69) is 31.9 Å². The zero-order chi connectivity index (χ0) is 14.3. The molecule has 20 heavy (non-hydrogen) atoms. The van der Waals surface area contributed by atoms with Crippen LogP contribution in [0.4, 0.5) is 0 Å². The third-order valence-corrected chi connectivity index (χ3v) is 5.67. The number of nitrogens with zero attached hydrogens (tertiary/aromatic N) is 1. The molecular weight excluding hydrogens is 406 g/mol. The van der Waals surface area contributed by atoms with Crippen molar-refractivity contribution in [1.29, 1.82) is 0 Å². The molecule has 2 aromatic rings. The normalized spacial score (nSPS) is 14.0. The molecule has 3 nitrogen and oxygen atoms in total. The zero-order valence-electron chi connectivity index (χ0n) is 10.2. The van der Waals surface area contributed by atoms with Crippen molar-refractivity contribution in [3.8, 4) is 0 Å². The Balaban J connectivity index is 1.79. The van der Waals surface area contributed by atoms with Gasteiger partial charge in [-0.15, -0.1) is 11.3 Å². The molecule has 2 heterocycles. The number of rotatable bonds is 3. The molecule has 0 unspecified atom stereocenters. The summed E-state index contributed by atoms with van der Waals surface area (Å²) in [6.45, 7) is 0.397. The lowest BCUT2D eigenvalue weighted by molar-refractivity contribution is 0.0656. The van der Waals surface area contributed by atoms with E-state index in [9.17, 15) is 9.59 Å². The molecule has 0 saturated heterocycles. The number of amides is 2. The van der Waals surface area contributed by atoms with Crippen LogP contribution in [0.25, 0.3) is 0 Å². The van der Waals surface area contributed by atoms with Gasteiger partial charge in [-0.2, -0.15) is 0 Å². The highest BCUT2D eigenvalue weighted by molar-refractivity contribution is 9.12. The van der Waals surface area contributed by atoms with Crippen molar-refractivity contribution in [2.45, 2.75) is 6.42 Å². The summed E-state index contributed by atoms with van der Waals surface area (Å²) in [5.74, 6) is -0.396. The van der Waals surface area contributed by atoms with E-state index in [1.807, 2.05) is 6.07 Å². The maximum atomic E-state index is 12.2. The van der Waals surface area contributed by atoms with Crippen LogP contribution in [0.2, 0.25) is 0 Å². The molecule has 6 heteroatoms. The number of carbonyl (C=O) groups excluding carboxylic acids is 2. The molecule has 0 radical (unpaired) electrons. The third-order valence-electron chi connectivity index (χ3n) is 3.21. The van der Waals surface area contributed by atoms with Gasteiger partial charge in [0.05, 0.1) is 18.7 Å². The van der Waals surface area contributed by atoms with Crippen molar-refractivity contribution < 1.29 is 9.59 Å². The summed E-state index contributed by atoms with van der Waals surface area (Å²) in [4.78, 5) is 25.7. The molecule has 0 aliphatic carbocycles. The van der Waals surface area contributed by atoms with Crippen LogP contribution in [0.15, 0.2) is 37.9 Å². The lowest BCUT2D eigenvalue weighted by Gasteiger charge is -2.13. The van der Waals surface area contributed by atoms with Gasteiger partial charge < -0.3 is 0 Å². The second-order valence-corrected chi connectivity index (χ2v) is 8.16. The predicted octanol–water partition coefficient (Wildman–Crippen LogP) is 4.11. The smallest absolute Gasteiger partial charge is 0.261 e. The zero-order valence-corrected chi connectivity index (χ0v) is 14.2. The number of benzene rings is 1. The maximum absolute atomic E-state index is 12.2. The van der Waals surface area contributed by atoms with Crippen LogP contribution in [0.5, 0.6) is 0 Å². The second-order valence-electron chi connectivity index (χ2n) is 4.41. The monoisotopic (exact) mass is 413 g/mol. The van der Waals surface area contributed by atoms with Gasteiger partial charge >= 0.3 is 0 Å². The quantitative estimate of drug-likeness (QED) is 0.708. The van der Waals surface area contributed by atoms with Gasteiger partial charge in [0.15, 0.2) is 0 Å². The Labute approximate surface area is 136 Å². The first-order chi connectivity index (χ1) is 9.58. The minimum Gasteiger partial charge on any atom is -0.274 e. The van der Waals surface area contributed by atoms with Gasteiger partial charge in [-0.05, 0) is 62.0 Å². The first-order valence-corrected chi connectivity index (χ1v) is 8.37. The number of fused-ring (bicyclic) bond motifs is 1. The first-order valence-electron chi connectivity index (χ1n) is 5.97. The highest BCUT2D eigenvalue weighted by Gasteiger charge is 2.34. The lowest BCUT2D eigenvalue weighted by Crippen LogP contribution is -2.31. The van der Waals surface area contributed by atoms with E-state index >= 15 is 0 Å². The van der Waals surface area contributed by atoms with Gasteiger partial charge in [-0.1, -0.05) is 12.1 Å². The summed E-state index contributed by atoms with van der Waals surface area (Å²) in [5.41, 5.74) is 2.10. The van der Waals surface area contributed by atoms with E-state index in [0.29, 0.717) is 24.1 Å². The van der Waals surface area contributed by atoms with E-state index in [1.54, 1.807) is 35.6 Å². The fraction of sp³-hybridized carbons (Fsp3) is 0.143. The molecule has 3 rings (SSSR count). The first kappa shape index (κ1) is 14.0. The van der Waals surface area contributed by atoms with Crippen LogP contribution in [0, 0.1) is 0 Å². The van der Waals surface area contributed by atoms with E-state index in [1.165, 1.54) is 4.90 Å². The van der Waals surface area contributed by atoms with E-state index in [0.717, 1.165) is 13.1 Å². The number of hydrogen-bond donors (Lipinski definition) is 0. The standard InChI is InChI=1S/C14H9Br2NO2S/c15-11-7-8(12(16)20-11)5-6-17-13(18)9-3-1-2-4-10(9)14(17)19/h1-4,7H,5-6H2. The summed E-state index contributed by atoms with van der Waals surface area (Å²) in [7, 11) is 0. The summed E-state index contributed by atoms with van der Waals surface area (Å²) >= 11 is 8.50. The minimum absolute atomic E-state index is 0.198. The van der Waals surface area contributed by atoms with E-state index in [4.69, 9.17) is 0 Å². The molecule has 0 atom stereocenters. The molecule has 0 spiro atoms. The molecule has 0 saturated carbocycles. The summed E-state index contributed by atoms with van der Waals surface area (Å²) < 4.78 is 2.06. The molecule has 1 aromatic heterocycles. The number of halogens is 2. The molecule has 1 aromatic carbocycles. The summed E-state index contributed by atoms with van der Waals surface area (Å²) in [6, 6.07) is 8.96. The molecule has 0 fully saturated rings. The van der Waals surface area contributed by atoms with E-state index < -0.39 is 0 Å². The SMILES string of the molecule is O=C1c2ccccc2C(=O)N1CCc1cc(Br)sc1Br. The summed E-state index contributed by atoms with van der Waals surface area (Å²) in [6.07, 6.45) is 0.647. The Morgan fingerprint density at radius 2 is 1.65 bits per heavy atom. The number of imide groups is 1. The van der Waals surface area contributed by atoms with Crippen molar-refractivity contribution in [3.63, 3.8) is 0 Å². The minimum atomic E-state index is -0.198. The third kappa shape index (κ3) is 2.36. The van der Waals surface area contributed by atoms with Gasteiger partial charge in [-0.3, -0.25) is 14.5 Å². The van der Waals surface area contributed by atoms with Crippen LogP contribution in [0.1, 0.15) is 26.3 Å². The van der Waals surface area contributed by atoms with Crippen molar-refractivity contribution in [2.75, 3.05) is 6.54 Å². The number of carbonyl (C=O) groups is 2. The molecule has 0 bridgehead atoms. The fourth-order valence-corrected chi connectivity index (χ4v) is 5.13. The van der Waals surface area contributed by atoms with Crippen LogP contribution < -0.4 is 0 Å². The second kappa shape index (κ2) is 5.42. The largest absolute Gasteiger partial charge is 0.274 e. The highest BCUT2D eigenvalue weighted by Crippen LogP contribution is 2.32. The van der Waals surface area contributed by atoms with Crippen LogP contribution in [-0.2, 0) is 6.42 Å². The lowest BCUT2D eigenvalue weighted by atomic mass is 10.1. The molecule has 2 amide bonds. The Kier molecular flexibility index (Phi) is 3.79. The highest BCUT2D eigenvalue weighted by atomic mass is 79.9. The number of thiophene rings is 1.